The van der Waals surface area contributed by atoms with Gasteiger partial charge in [0.2, 0.25) is 0 Å². The Labute approximate surface area is 126 Å². The molecule has 116 valence electrons. The molecule has 0 atom stereocenters. The van der Waals surface area contributed by atoms with E-state index in [9.17, 15) is 4.39 Å². The molecular weight excluding hydrogens is 267 g/mol. The quantitative estimate of drug-likeness (QED) is 0.737. The van der Waals surface area contributed by atoms with Gasteiger partial charge in [0.05, 0.1) is 12.6 Å². The number of nitrogens with zero attached hydrogens (tertiary/aromatic N) is 2. The molecule has 0 bridgehead atoms. The summed E-state index contributed by atoms with van der Waals surface area (Å²) in [4.78, 5) is 2.47. The zero-order valence-electron chi connectivity index (χ0n) is 13.2. The van der Waals surface area contributed by atoms with E-state index < -0.39 is 0 Å². The molecule has 0 N–H and O–H groups in total. The van der Waals surface area contributed by atoms with Crippen LogP contribution in [0.2, 0.25) is 0 Å². The van der Waals surface area contributed by atoms with Gasteiger partial charge in [-0.1, -0.05) is 13.8 Å². The first kappa shape index (κ1) is 15.8. The fraction of sp³-hybridized carbons (Fsp3) is 0.529. The minimum Gasteiger partial charge on any atom is -0.492 e. The highest BCUT2D eigenvalue weighted by Gasteiger charge is 2.13. The SMILES string of the molecule is CCCN(CCC)CCc1ccn2ccc(F)c(OC)c12. The van der Waals surface area contributed by atoms with Crippen LogP contribution in [-0.4, -0.2) is 36.0 Å². The maximum atomic E-state index is 13.9. The van der Waals surface area contributed by atoms with Crippen molar-refractivity contribution in [3.8, 4) is 5.75 Å². The average Bonchev–Trinajstić information content (AvgIpc) is 2.88. The van der Waals surface area contributed by atoms with E-state index in [1.165, 1.54) is 13.2 Å². The van der Waals surface area contributed by atoms with Gasteiger partial charge in [-0.05, 0) is 50.0 Å². The molecule has 0 aliphatic carbocycles. The van der Waals surface area contributed by atoms with Crippen LogP contribution < -0.4 is 4.74 Å². The van der Waals surface area contributed by atoms with E-state index in [1.54, 1.807) is 6.20 Å². The summed E-state index contributed by atoms with van der Waals surface area (Å²) in [5, 5.41) is 0. The molecule has 2 rings (SSSR count). The van der Waals surface area contributed by atoms with Crippen LogP contribution in [0, 0.1) is 5.82 Å². The first-order chi connectivity index (χ1) is 10.2. The Balaban J connectivity index is 2.20. The van der Waals surface area contributed by atoms with Crippen molar-refractivity contribution >= 4 is 5.52 Å². The number of rotatable bonds is 8. The third kappa shape index (κ3) is 3.56. The van der Waals surface area contributed by atoms with E-state index in [2.05, 4.69) is 24.8 Å². The zero-order chi connectivity index (χ0) is 15.2. The summed E-state index contributed by atoms with van der Waals surface area (Å²) in [6, 6.07) is 3.50. The topological polar surface area (TPSA) is 16.9 Å². The van der Waals surface area contributed by atoms with Crippen LogP contribution in [0.4, 0.5) is 4.39 Å². The number of hydrogen-bond donors (Lipinski definition) is 0. The highest BCUT2D eigenvalue weighted by molar-refractivity contribution is 5.66. The summed E-state index contributed by atoms with van der Waals surface area (Å²) in [6.45, 7) is 7.64. The first-order valence-corrected chi connectivity index (χ1v) is 7.75. The van der Waals surface area contributed by atoms with Crippen molar-refractivity contribution in [1.29, 1.82) is 0 Å². The lowest BCUT2D eigenvalue weighted by molar-refractivity contribution is 0.278. The molecule has 2 aromatic rings. The van der Waals surface area contributed by atoms with Crippen molar-refractivity contribution in [1.82, 2.24) is 9.30 Å². The standard InChI is InChI=1S/C17H25FN2O/c1-4-9-19(10-5-2)11-6-14-7-12-20-13-8-15(18)17(21-3)16(14)20/h7-8,12-13H,4-6,9-11H2,1-3H3. The fourth-order valence-electron chi connectivity index (χ4n) is 2.85. The van der Waals surface area contributed by atoms with E-state index in [0.29, 0.717) is 5.75 Å². The number of hydrogen-bond acceptors (Lipinski definition) is 2. The number of halogens is 1. The van der Waals surface area contributed by atoms with Gasteiger partial charge in [0.1, 0.15) is 0 Å². The van der Waals surface area contributed by atoms with Crippen molar-refractivity contribution in [2.45, 2.75) is 33.1 Å². The molecule has 0 aliphatic rings. The molecule has 0 spiro atoms. The van der Waals surface area contributed by atoms with Gasteiger partial charge in [-0.25, -0.2) is 4.39 Å². The van der Waals surface area contributed by atoms with Crippen molar-refractivity contribution in [2.24, 2.45) is 0 Å². The predicted octanol–water partition coefficient (Wildman–Crippen LogP) is 3.75. The van der Waals surface area contributed by atoms with Crippen LogP contribution >= 0.6 is 0 Å². The minimum atomic E-state index is -0.302. The van der Waals surface area contributed by atoms with Crippen LogP contribution in [0.5, 0.6) is 5.75 Å². The zero-order valence-corrected chi connectivity index (χ0v) is 13.2. The lowest BCUT2D eigenvalue weighted by atomic mass is 10.1. The van der Waals surface area contributed by atoms with E-state index in [4.69, 9.17) is 4.74 Å². The van der Waals surface area contributed by atoms with Gasteiger partial charge >= 0.3 is 0 Å². The summed E-state index contributed by atoms with van der Waals surface area (Å²) >= 11 is 0. The van der Waals surface area contributed by atoms with Gasteiger partial charge in [-0.2, -0.15) is 0 Å². The van der Waals surface area contributed by atoms with E-state index in [1.807, 2.05) is 10.6 Å². The molecule has 2 aromatic heterocycles. The van der Waals surface area contributed by atoms with Gasteiger partial charge in [-0.15, -0.1) is 0 Å². The molecule has 3 nitrogen and oxygen atoms in total. The van der Waals surface area contributed by atoms with Gasteiger partial charge in [0.25, 0.3) is 0 Å². The number of pyridine rings is 1. The maximum absolute atomic E-state index is 13.9. The minimum absolute atomic E-state index is 0.302. The molecule has 0 amide bonds. The largest absolute Gasteiger partial charge is 0.492 e. The van der Waals surface area contributed by atoms with E-state index in [0.717, 1.165) is 50.0 Å². The van der Waals surface area contributed by atoms with E-state index in [-0.39, 0.29) is 5.82 Å². The Morgan fingerprint density at radius 2 is 1.76 bits per heavy atom. The second kappa shape index (κ2) is 7.46. The van der Waals surface area contributed by atoms with Crippen molar-refractivity contribution in [2.75, 3.05) is 26.7 Å². The van der Waals surface area contributed by atoms with Gasteiger partial charge in [0, 0.05) is 18.9 Å². The molecule has 0 fully saturated rings. The van der Waals surface area contributed by atoms with Crippen LogP contribution in [-0.2, 0) is 6.42 Å². The highest BCUT2D eigenvalue weighted by atomic mass is 19.1. The number of fused-ring (bicyclic) bond motifs is 1. The molecule has 0 aliphatic heterocycles. The first-order valence-electron chi connectivity index (χ1n) is 7.75. The molecule has 0 aromatic carbocycles. The average molecular weight is 292 g/mol. The lowest BCUT2D eigenvalue weighted by Crippen LogP contribution is -2.27. The monoisotopic (exact) mass is 292 g/mol. The molecule has 0 radical (unpaired) electrons. The van der Waals surface area contributed by atoms with Crippen LogP contribution in [0.3, 0.4) is 0 Å². The van der Waals surface area contributed by atoms with Crippen LogP contribution in [0.25, 0.3) is 5.52 Å². The third-order valence-electron chi connectivity index (χ3n) is 3.79. The summed E-state index contributed by atoms with van der Waals surface area (Å²) in [6.07, 6.45) is 6.95. The van der Waals surface area contributed by atoms with Crippen molar-refractivity contribution < 1.29 is 9.13 Å². The predicted molar refractivity (Wildman–Crippen MR) is 84.6 cm³/mol. The summed E-state index contributed by atoms with van der Waals surface area (Å²) in [5.74, 6) is 0.0407. The van der Waals surface area contributed by atoms with Crippen LogP contribution in [0.1, 0.15) is 32.3 Å². The molecule has 21 heavy (non-hydrogen) atoms. The van der Waals surface area contributed by atoms with Crippen molar-refractivity contribution in [3.05, 3.63) is 35.9 Å². The molecular formula is C17H25FN2O. The van der Waals surface area contributed by atoms with Crippen molar-refractivity contribution in [3.63, 3.8) is 0 Å². The van der Waals surface area contributed by atoms with E-state index >= 15 is 0 Å². The Morgan fingerprint density at radius 3 is 2.38 bits per heavy atom. The molecule has 0 saturated heterocycles. The second-order valence-electron chi connectivity index (χ2n) is 5.39. The Kier molecular flexibility index (Phi) is 5.62. The smallest absolute Gasteiger partial charge is 0.178 e. The lowest BCUT2D eigenvalue weighted by Gasteiger charge is -2.20. The maximum Gasteiger partial charge on any atom is 0.178 e. The fourth-order valence-corrected chi connectivity index (χ4v) is 2.85. The van der Waals surface area contributed by atoms with Gasteiger partial charge < -0.3 is 14.0 Å². The summed E-state index contributed by atoms with van der Waals surface area (Å²) in [7, 11) is 1.52. The Bertz CT molecular complexity index is 573. The Morgan fingerprint density at radius 1 is 1.10 bits per heavy atom. The number of aromatic nitrogens is 1. The van der Waals surface area contributed by atoms with Gasteiger partial charge in [-0.3, -0.25) is 0 Å². The highest BCUT2D eigenvalue weighted by Crippen LogP contribution is 2.27. The molecule has 0 saturated carbocycles. The van der Waals surface area contributed by atoms with Gasteiger partial charge in [0.15, 0.2) is 11.6 Å². The molecule has 0 unspecified atom stereocenters. The molecule has 4 heteroatoms. The second-order valence-corrected chi connectivity index (χ2v) is 5.39. The summed E-state index contributed by atoms with van der Waals surface area (Å²) < 4.78 is 21.1. The number of methoxy groups -OCH3 is 1. The number of ether oxygens (including phenoxy) is 1. The molecule has 2 heterocycles. The normalized spacial score (nSPS) is 11.5. The third-order valence-corrected chi connectivity index (χ3v) is 3.79. The van der Waals surface area contributed by atoms with Crippen LogP contribution in [0.15, 0.2) is 24.5 Å². The Hall–Kier alpha value is -1.55. The summed E-state index contributed by atoms with van der Waals surface area (Å²) in [5.41, 5.74) is 1.99.